The first-order chi connectivity index (χ1) is 10.6. The molecule has 0 spiro atoms. The van der Waals surface area contributed by atoms with E-state index in [2.05, 4.69) is 4.98 Å². The molecule has 0 aliphatic carbocycles. The second kappa shape index (κ2) is 6.22. The van der Waals surface area contributed by atoms with Gasteiger partial charge in [0.2, 0.25) is 0 Å². The Bertz CT molecular complexity index is 659. The van der Waals surface area contributed by atoms with Gasteiger partial charge in [0.05, 0.1) is 0 Å². The average Bonchev–Trinajstić information content (AvgIpc) is 2.96. The zero-order chi connectivity index (χ0) is 15.5. The number of likely N-dealkylation sites (tertiary alicyclic amines) is 1. The number of amides is 1. The van der Waals surface area contributed by atoms with E-state index in [0.717, 1.165) is 30.2 Å². The van der Waals surface area contributed by atoms with Gasteiger partial charge in [0.15, 0.2) is 0 Å². The number of carboxylic acids is 1. The Kier molecular flexibility index (Phi) is 4.13. The summed E-state index contributed by atoms with van der Waals surface area (Å²) in [4.78, 5) is 28.6. The highest BCUT2D eigenvalue weighted by molar-refractivity contribution is 5.98. The van der Waals surface area contributed by atoms with Crippen molar-refractivity contribution in [1.82, 2.24) is 9.88 Å². The minimum atomic E-state index is -0.802. The standard InChI is InChI=1S/C17H20N2O3/c20-16(21)9-8-13-6-3-4-10-19(13)17(22)15-11-12-5-1-2-7-14(12)18-15/h1-2,5,7,11,13,18H,3-4,6,8-10H2,(H,20,21)/t13-/m1/s1. The number of carboxylic acid groups (broad SMARTS) is 1. The third-order valence-electron chi connectivity index (χ3n) is 4.34. The normalized spacial score (nSPS) is 18.5. The van der Waals surface area contributed by atoms with Crippen LogP contribution in [-0.2, 0) is 4.79 Å². The average molecular weight is 300 g/mol. The SMILES string of the molecule is O=C(O)CC[C@H]1CCCCN1C(=O)c1cc2ccccc2[nH]1. The predicted octanol–water partition coefficient (Wildman–Crippen LogP) is 3.03. The summed E-state index contributed by atoms with van der Waals surface area (Å²) < 4.78 is 0. The smallest absolute Gasteiger partial charge is 0.303 e. The van der Waals surface area contributed by atoms with Gasteiger partial charge in [0.25, 0.3) is 5.91 Å². The first-order valence-electron chi connectivity index (χ1n) is 7.75. The lowest BCUT2D eigenvalue weighted by atomic mass is 9.97. The summed E-state index contributed by atoms with van der Waals surface area (Å²) in [7, 11) is 0. The molecule has 5 heteroatoms. The monoisotopic (exact) mass is 300 g/mol. The summed E-state index contributed by atoms with van der Waals surface area (Å²) in [5.74, 6) is -0.824. The summed E-state index contributed by atoms with van der Waals surface area (Å²) in [5.41, 5.74) is 1.54. The number of carbonyl (C=O) groups is 2. The van der Waals surface area contributed by atoms with E-state index in [9.17, 15) is 9.59 Å². The molecule has 2 N–H and O–H groups in total. The lowest BCUT2D eigenvalue weighted by Gasteiger charge is -2.35. The molecule has 2 heterocycles. The van der Waals surface area contributed by atoms with Crippen LogP contribution in [0.1, 0.15) is 42.6 Å². The quantitative estimate of drug-likeness (QED) is 0.911. The second-order valence-electron chi connectivity index (χ2n) is 5.85. The molecular formula is C17H20N2O3. The van der Waals surface area contributed by atoms with Crippen LogP contribution in [0.3, 0.4) is 0 Å². The van der Waals surface area contributed by atoms with E-state index in [0.29, 0.717) is 18.7 Å². The van der Waals surface area contributed by atoms with E-state index in [4.69, 9.17) is 5.11 Å². The topological polar surface area (TPSA) is 73.4 Å². The Morgan fingerprint density at radius 2 is 2.09 bits per heavy atom. The summed E-state index contributed by atoms with van der Waals surface area (Å²) in [5, 5.41) is 9.89. The number of para-hydroxylation sites is 1. The van der Waals surface area contributed by atoms with Gasteiger partial charge in [-0.1, -0.05) is 18.2 Å². The van der Waals surface area contributed by atoms with E-state index < -0.39 is 5.97 Å². The molecule has 1 amide bonds. The Morgan fingerprint density at radius 1 is 1.27 bits per heavy atom. The van der Waals surface area contributed by atoms with Crippen LogP contribution in [0.2, 0.25) is 0 Å². The molecule has 1 saturated heterocycles. The van der Waals surface area contributed by atoms with Crippen LogP contribution in [0.25, 0.3) is 10.9 Å². The van der Waals surface area contributed by atoms with E-state index in [1.165, 1.54) is 0 Å². The molecule has 0 saturated carbocycles. The number of aliphatic carboxylic acids is 1. The number of rotatable bonds is 4. The highest BCUT2D eigenvalue weighted by Crippen LogP contribution is 2.24. The summed E-state index contributed by atoms with van der Waals surface area (Å²) in [6.45, 7) is 0.707. The van der Waals surface area contributed by atoms with E-state index in [1.54, 1.807) is 0 Å². The lowest BCUT2D eigenvalue weighted by molar-refractivity contribution is -0.137. The zero-order valence-corrected chi connectivity index (χ0v) is 12.4. The van der Waals surface area contributed by atoms with Crippen LogP contribution in [0.4, 0.5) is 0 Å². The Balaban J connectivity index is 1.80. The first-order valence-corrected chi connectivity index (χ1v) is 7.75. The fourth-order valence-electron chi connectivity index (χ4n) is 3.20. The minimum Gasteiger partial charge on any atom is -0.481 e. The molecule has 1 atom stereocenters. The maximum atomic E-state index is 12.8. The summed E-state index contributed by atoms with van der Waals surface area (Å²) >= 11 is 0. The van der Waals surface area contributed by atoms with Crippen LogP contribution in [0.15, 0.2) is 30.3 Å². The maximum absolute atomic E-state index is 12.8. The lowest BCUT2D eigenvalue weighted by Crippen LogP contribution is -2.44. The molecule has 1 aromatic carbocycles. The van der Waals surface area contributed by atoms with Gasteiger partial charge in [-0.05, 0) is 37.8 Å². The third kappa shape index (κ3) is 2.98. The zero-order valence-electron chi connectivity index (χ0n) is 12.4. The number of H-pyrrole nitrogens is 1. The van der Waals surface area contributed by atoms with Gasteiger partial charge < -0.3 is 15.0 Å². The number of piperidine rings is 1. The highest BCUT2D eigenvalue weighted by Gasteiger charge is 2.28. The Hall–Kier alpha value is -2.30. The molecular weight excluding hydrogens is 280 g/mol. The third-order valence-corrected chi connectivity index (χ3v) is 4.34. The maximum Gasteiger partial charge on any atom is 0.303 e. The van der Waals surface area contributed by atoms with E-state index in [-0.39, 0.29) is 18.4 Å². The van der Waals surface area contributed by atoms with Crippen molar-refractivity contribution in [1.29, 1.82) is 0 Å². The van der Waals surface area contributed by atoms with Crippen molar-refractivity contribution in [2.45, 2.75) is 38.1 Å². The van der Waals surface area contributed by atoms with Crippen LogP contribution in [0.5, 0.6) is 0 Å². The molecule has 0 bridgehead atoms. The molecule has 3 rings (SSSR count). The van der Waals surface area contributed by atoms with Crippen molar-refractivity contribution in [3.8, 4) is 0 Å². The molecule has 22 heavy (non-hydrogen) atoms. The molecule has 0 unspecified atom stereocenters. The largest absolute Gasteiger partial charge is 0.481 e. The Morgan fingerprint density at radius 3 is 2.86 bits per heavy atom. The van der Waals surface area contributed by atoms with Crippen molar-refractivity contribution in [2.24, 2.45) is 0 Å². The molecule has 1 aromatic heterocycles. The molecule has 1 fully saturated rings. The Labute approximate surface area is 128 Å². The summed E-state index contributed by atoms with van der Waals surface area (Å²) in [6, 6.07) is 9.71. The van der Waals surface area contributed by atoms with Crippen molar-refractivity contribution in [3.05, 3.63) is 36.0 Å². The second-order valence-corrected chi connectivity index (χ2v) is 5.85. The van der Waals surface area contributed by atoms with Crippen molar-refractivity contribution in [3.63, 3.8) is 0 Å². The van der Waals surface area contributed by atoms with Gasteiger partial charge in [-0.3, -0.25) is 9.59 Å². The van der Waals surface area contributed by atoms with Crippen molar-refractivity contribution < 1.29 is 14.7 Å². The van der Waals surface area contributed by atoms with Crippen molar-refractivity contribution >= 4 is 22.8 Å². The number of benzene rings is 1. The number of aromatic nitrogens is 1. The van der Waals surface area contributed by atoms with Crippen LogP contribution >= 0.6 is 0 Å². The minimum absolute atomic E-state index is 0.0220. The van der Waals surface area contributed by atoms with Gasteiger partial charge in [0, 0.05) is 29.9 Å². The van der Waals surface area contributed by atoms with Gasteiger partial charge in [-0.2, -0.15) is 0 Å². The van der Waals surface area contributed by atoms with Crippen molar-refractivity contribution in [2.75, 3.05) is 6.54 Å². The molecule has 0 radical (unpaired) electrons. The molecule has 116 valence electrons. The fraction of sp³-hybridized carbons (Fsp3) is 0.412. The molecule has 1 aliphatic rings. The highest BCUT2D eigenvalue weighted by atomic mass is 16.4. The predicted molar refractivity (Wildman–Crippen MR) is 83.8 cm³/mol. The van der Waals surface area contributed by atoms with Gasteiger partial charge >= 0.3 is 5.97 Å². The number of hydrogen-bond donors (Lipinski definition) is 2. The molecule has 2 aromatic rings. The number of nitrogens with one attached hydrogen (secondary N) is 1. The van der Waals surface area contributed by atoms with E-state index >= 15 is 0 Å². The number of fused-ring (bicyclic) bond motifs is 1. The van der Waals surface area contributed by atoms with E-state index in [1.807, 2.05) is 35.2 Å². The van der Waals surface area contributed by atoms with Gasteiger partial charge in [0.1, 0.15) is 5.69 Å². The fourth-order valence-corrected chi connectivity index (χ4v) is 3.20. The number of carbonyl (C=O) groups excluding carboxylic acids is 1. The number of hydrogen-bond acceptors (Lipinski definition) is 2. The summed E-state index contributed by atoms with van der Waals surface area (Å²) in [6.07, 6.45) is 3.57. The number of nitrogens with zero attached hydrogens (tertiary/aromatic N) is 1. The van der Waals surface area contributed by atoms with Crippen LogP contribution in [-0.4, -0.2) is 39.5 Å². The van der Waals surface area contributed by atoms with Gasteiger partial charge in [-0.25, -0.2) is 0 Å². The van der Waals surface area contributed by atoms with Crippen LogP contribution < -0.4 is 0 Å². The molecule has 5 nitrogen and oxygen atoms in total. The number of aromatic amines is 1. The van der Waals surface area contributed by atoms with Crippen LogP contribution in [0, 0.1) is 0 Å². The molecule has 1 aliphatic heterocycles. The first kappa shape index (κ1) is 14.6. The van der Waals surface area contributed by atoms with Gasteiger partial charge in [-0.15, -0.1) is 0 Å².